The van der Waals surface area contributed by atoms with Crippen molar-refractivity contribution >= 4 is 5.97 Å². The Morgan fingerprint density at radius 1 is 1.15 bits per heavy atom. The Kier molecular flexibility index (Phi) is 5.16. The van der Waals surface area contributed by atoms with Crippen LogP contribution in [0.25, 0.3) is 0 Å². The van der Waals surface area contributed by atoms with Gasteiger partial charge >= 0.3 is 12.1 Å². The SMILES string of the molecule is CC(C)(C)OC(=O)CNCc1ccc(C(F)(F)F)cc1. The molecule has 0 bridgehead atoms. The number of benzene rings is 1. The molecule has 6 heteroatoms. The fourth-order valence-corrected chi connectivity index (χ4v) is 1.50. The summed E-state index contributed by atoms with van der Waals surface area (Å²) in [6.45, 7) is 5.61. The summed E-state index contributed by atoms with van der Waals surface area (Å²) in [5, 5.41) is 2.83. The van der Waals surface area contributed by atoms with Gasteiger partial charge in [-0.05, 0) is 38.5 Å². The van der Waals surface area contributed by atoms with Gasteiger partial charge in [0.15, 0.2) is 0 Å². The normalized spacial score (nSPS) is 12.3. The third kappa shape index (κ3) is 6.06. The number of ether oxygens (including phenoxy) is 1. The molecule has 3 nitrogen and oxygen atoms in total. The van der Waals surface area contributed by atoms with Crippen LogP contribution in [0, 0.1) is 0 Å². The van der Waals surface area contributed by atoms with Gasteiger partial charge in [0.1, 0.15) is 5.60 Å². The molecule has 0 fully saturated rings. The van der Waals surface area contributed by atoms with Crippen LogP contribution in [0.2, 0.25) is 0 Å². The third-order valence-corrected chi connectivity index (χ3v) is 2.30. The first-order valence-electron chi connectivity index (χ1n) is 6.16. The highest BCUT2D eigenvalue weighted by atomic mass is 19.4. The molecule has 1 aromatic rings. The van der Waals surface area contributed by atoms with Gasteiger partial charge < -0.3 is 10.1 Å². The molecule has 0 aliphatic heterocycles. The van der Waals surface area contributed by atoms with E-state index in [0.717, 1.165) is 12.1 Å². The minimum atomic E-state index is -4.33. The first-order chi connectivity index (χ1) is 9.08. The Bertz CT molecular complexity index is 447. The number of halogens is 3. The van der Waals surface area contributed by atoms with Crippen molar-refractivity contribution < 1.29 is 22.7 Å². The van der Waals surface area contributed by atoms with Crippen LogP contribution in [-0.2, 0) is 22.3 Å². The second-order valence-electron chi connectivity index (χ2n) is 5.38. The van der Waals surface area contributed by atoms with Crippen LogP contribution >= 0.6 is 0 Å². The standard InChI is InChI=1S/C14H18F3NO2/c1-13(2,3)20-12(19)9-18-8-10-4-6-11(7-5-10)14(15,16)17/h4-7,18H,8-9H2,1-3H3. The smallest absolute Gasteiger partial charge is 0.416 e. The van der Waals surface area contributed by atoms with E-state index < -0.39 is 23.3 Å². The Morgan fingerprint density at radius 2 is 1.70 bits per heavy atom. The van der Waals surface area contributed by atoms with E-state index >= 15 is 0 Å². The van der Waals surface area contributed by atoms with E-state index in [-0.39, 0.29) is 6.54 Å². The average Bonchev–Trinajstić information content (AvgIpc) is 2.26. The molecular formula is C14H18F3NO2. The van der Waals surface area contributed by atoms with Crippen molar-refractivity contribution in [2.75, 3.05) is 6.54 Å². The number of hydrogen-bond acceptors (Lipinski definition) is 3. The van der Waals surface area contributed by atoms with E-state index in [4.69, 9.17) is 4.74 Å². The van der Waals surface area contributed by atoms with Gasteiger partial charge in [-0.2, -0.15) is 13.2 Å². The van der Waals surface area contributed by atoms with Crippen molar-refractivity contribution in [2.24, 2.45) is 0 Å². The molecule has 112 valence electrons. The fraction of sp³-hybridized carbons (Fsp3) is 0.500. The van der Waals surface area contributed by atoms with Crippen LogP contribution in [0.15, 0.2) is 24.3 Å². The summed E-state index contributed by atoms with van der Waals surface area (Å²) in [6.07, 6.45) is -4.33. The van der Waals surface area contributed by atoms with Crippen LogP contribution in [0.1, 0.15) is 31.9 Å². The number of alkyl halides is 3. The predicted molar refractivity (Wildman–Crippen MR) is 69.0 cm³/mol. The molecular weight excluding hydrogens is 271 g/mol. The number of nitrogens with one attached hydrogen (secondary N) is 1. The summed E-state index contributed by atoms with van der Waals surface area (Å²) in [6, 6.07) is 4.80. The van der Waals surface area contributed by atoms with Gasteiger partial charge in [-0.1, -0.05) is 12.1 Å². The zero-order valence-electron chi connectivity index (χ0n) is 11.7. The summed E-state index contributed by atoms with van der Waals surface area (Å²) in [5.41, 5.74) is -0.567. The van der Waals surface area contributed by atoms with Crippen LogP contribution in [0.4, 0.5) is 13.2 Å². The molecule has 1 aromatic carbocycles. The molecule has 0 saturated carbocycles. The highest BCUT2D eigenvalue weighted by molar-refractivity contribution is 5.72. The molecule has 0 aliphatic carbocycles. The first-order valence-corrected chi connectivity index (χ1v) is 6.16. The number of hydrogen-bond donors (Lipinski definition) is 1. The van der Waals surface area contributed by atoms with Crippen LogP contribution in [0.3, 0.4) is 0 Å². The molecule has 1 rings (SSSR count). The largest absolute Gasteiger partial charge is 0.459 e. The van der Waals surface area contributed by atoms with Crippen molar-refractivity contribution in [2.45, 2.75) is 39.1 Å². The predicted octanol–water partition coefficient (Wildman–Crippen LogP) is 3.14. The second kappa shape index (κ2) is 6.26. The lowest BCUT2D eigenvalue weighted by Gasteiger charge is -2.19. The lowest BCUT2D eigenvalue weighted by molar-refractivity contribution is -0.153. The van der Waals surface area contributed by atoms with Crippen molar-refractivity contribution in [1.82, 2.24) is 5.32 Å². The minimum absolute atomic E-state index is 0.0122. The molecule has 0 amide bonds. The van der Waals surface area contributed by atoms with E-state index in [2.05, 4.69) is 5.32 Å². The maximum Gasteiger partial charge on any atom is 0.416 e. The van der Waals surface area contributed by atoms with Crippen LogP contribution in [-0.4, -0.2) is 18.1 Å². The fourth-order valence-electron chi connectivity index (χ4n) is 1.50. The molecule has 0 aliphatic rings. The highest BCUT2D eigenvalue weighted by Gasteiger charge is 2.29. The van der Waals surface area contributed by atoms with Gasteiger partial charge in [0, 0.05) is 6.54 Å². The third-order valence-electron chi connectivity index (χ3n) is 2.30. The molecule has 0 unspecified atom stereocenters. The van der Waals surface area contributed by atoms with E-state index in [0.29, 0.717) is 12.1 Å². The Hall–Kier alpha value is -1.56. The lowest BCUT2D eigenvalue weighted by Crippen LogP contribution is -2.31. The average molecular weight is 289 g/mol. The lowest BCUT2D eigenvalue weighted by atomic mass is 10.1. The van der Waals surface area contributed by atoms with Crippen LogP contribution < -0.4 is 5.32 Å². The van der Waals surface area contributed by atoms with E-state index in [1.807, 2.05) is 0 Å². The molecule has 0 heterocycles. The maximum atomic E-state index is 12.4. The zero-order chi connectivity index (χ0) is 15.4. The van der Waals surface area contributed by atoms with E-state index in [1.54, 1.807) is 20.8 Å². The summed E-state index contributed by atoms with van der Waals surface area (Å²) in [7, 11) is 0. The number of rotatable bonds is 4. The summed E-state index contributed by atoms with van der Waals surface area (Å²) < 4.78 is 42.2. The molecule has 0 saturated heterocycles. The Morgan fingerprint density at radius 3 is 2.15 bits per heavy atom. The monoisotopic (exact) mass is 289 g/mol. The van der Waals surface area contributed by atoms with Crippen molar-refractivity contribution in [3.63, 3.8) is 0 Å². The van der Waals surface area contributed by atoms with E-state index in [9.17, 15) is 18.0 Å². The van der Waals surface area contributed by atoms with Gasteiger partial charge in [0.2, 0.25) is 0 Å². The van der Waals surface area contributed by atoms with Crippen molar-refractivity contribution in [1.29, 1.82) is 0 Å². The van der Waals surface area contributed by atoms with Gasteiger partial charge in [0.05, 0.1) is 12.1 Å². The quantitative estimate of drug-likeness (QED) is 0.865. The molecule has 0 atom stereocenters. The van der Waals surface area contributed by atoms with Crippen molar-refractivity contribution in [3.8, 4) is 0 Å². The summed E-state index contributed by atoms with van der Waals surface area (Å²) in [4.78, 5) is 11.4. The summed E-state index contributed by atoms with van der Waals surface area (Å²) in [5.74, 6) is -0.399. The molecule has 20 heavy (non-hydrogen) atoms. The van der Waals surface area contributed by atoms with Gasteiger partial charge in [-0.15, -0.1) is 0 Å². The summed E-state index contributed by atoms with van der Waals surface area (Å²) >= 11 is 0. The minimum Gasteiger partial charge on any atom is -0.459 e. The molecule has 0 spiro atoms. The molecule has 0 radical (unpaired) electrons. The molecule has 1 N–H and O–H groups in total. The number of carbonyl (C=O) groups is 1. The first kappa shape index (κ1) is 16.5. The topological polar surface area (TPSA) is 38.3 Å². The molecule has 0 aromatic heterocycles. The van der Waals surface area contributed by atoms with Gasteiger partial charge in [-0.25, -0.2) is 0 Å². The number of carbonyl (C=O) groups excluding carboxylic acids is 1. The van der Waals surface area contributed by atoms with Gasteiger partial charge in [-0.3, -0.25) is 4.79 Å². The van der Waals surface area contributed by atoms with Crippen molar-refractivity contribution in [3.05, 3.63) is 35.4 Å². The zero-order valence-corrected chi connectivity index (χ0v) is 11.7. The Labute approximate surface area is 116 Å². The van der Waals surface area contributed by atoms with E-state index in [1.165, 1.54) is 12.1 Å². The van der Waals surface area contributed by atoms with Gasteiger partial charge in [0.25, 0.3) is 0 Å². The maximum absolute atomic E-state index is 12.4. The second-order valence-corrected chi connectivity index (χ2v) is 5.38. The van der Waals surface area contributed by atoms with Crippen LogP contribution in [0.5, 0.6) is 0 Å². The Balaban J connectivity index is 2.42. The highest BCUT2D eigenvalue weighted by Crippen LogP contribution is 2.28. The number of esters is 1.